The SMILES string of the molecule is CC(C)(C)O[O][Al]([C](C)(C)C)[C](C)(C)C. The first-order valence-corrected chi connectivity index (χ1v) is 7.31. The topological polar surface area (TPSA) is 18.5 Å². The van der Waals surface area contributed by atoms with Crippen LogP contribution in [0.2, 0.25) is 8.55 Å². The van der Waals surface area contributed by atoms with E-state index < -0.39 is 14.5 Å². The molecule has 0 N–H and O–H groups in total. The Balaban J connectivity index is 4.56. The van der Waals surface area contributed by atoms with Gasteiger partial charge >= 0.3 is 14.5 Å². The van der Waals surface area contributed by atoms with Gasteiger partial charge in [0.05, 0.1) is 5.60 Å². The molecule has 90 valence electrons. The molecular formula is C12H27AlO2. The molecule has 3 heteroatoms. The quantitative estimate of drug-likeness (QED) is 0.399. The van der Waals surface area contributed by atoms with E-state index in [2.05, 4.69) is 41.5 Å². The molecule has 0 heterocycles. The molecule has 0 aliphatic heterocycles. The molecule has 0 rings (SSSR count). The Bertz CT molecular complexity index is 179. The molecule has 0 saturated carbocycles. The second-order valence-electron chi connectivity index (χ2n) is 7.40. The summed E-state index contributed by atoms with van der Waals surface area (Å²) < 4.78 is 6.20. The minimum Gasteiger partial charge on any atom is -0.370 e. The molecule has 15 heavy (non-hydrogen) atoms. The fraction of sp³-hybridized carbons (Fsp3) is 1.00. The summed E-state index contributed by atoms with van der Waals surface area (Å²) in [5.41, 5.74) is -0.220. The lowest BCUT2D eigenvalue weighted by Crippen LogP contribution is -2.40. The number of hydrogen-bond donors (Lipinski definition) is 0. The molecule has 0 aliphatic carbocycles. The van der Waals surface area contributed by atoms with E-state index in [1.807, 2.05) is 20.8 Å². The minimum absolute atomic E-state index is 0.212. The second-order valence-corrected chi connectivity index (χ2v) is 11.8. The first-order valence-electron chi connectivity index (χ1n) is 5.68. The van der Waals surface area contributed by atoms with Gasteiger partial charge in [0.1, 0.15) is 0 Å². The van der Waals surface area contributed by atoms with Crippen molar-refractivity contribution in [3.05, 3.63) is 0 Å². The van der Waals surface area contributed by atoms with Crippen molar-refractivity contribution >= 4 is 14.5 Å². The molecule has 0 aromatic carbocycles. The normalized spacial score (nSPS) is 14.2. The van der Waals surface area contributed by atoms with Crippen LogP contribution in [0.1, 0.15) is 62.3 Å². The first kappa shape index (κ1) is 15.5. The van der Waals surface area contributed by atoms with Crippen LogP contribution in [-0.2, 0) is 8.83 Å². The summed E-state index contributed by atoms with van der Waals surface area (Å²) >= 11 is -1.43. The van der Waals surface area contributed by atoms with Gasteiger partial charge in [0.2, 0.25) is 0 Å². The van der Waals surface area contributed by atoms with Crippen LogP contribution in [0.5, 0.6) is 0 Å². The maximum Gasteiger partial charge on any atom is 0.521 e. The first-order chi connectivity index (χ1) is 6.34. The molecule has 0 aliphatic rings. The van der Waals surface area contributed by atoms with Crippen LogP contribution in [0.25, 0.3) is 0 Å². The predicted octanol–water partition coefficient (Wildman–Crippen LogP) is 4.32. The Morgan fingerprint density at radius 2 is 1.00 bits per heavy atom. The van der Waals surface area contributed by atoms with Gasteiger partial charge in [-0.3, -0.25) is 4.89 Å². The van der Waals surface area contributed by atoms with Crippen LogP contribution in [0.3, 0.4) is 0 Å². The molecular weight excluding hydrogens is 203 g/mol. The molecule has 0 aromatic heterocycles. The van der Waals surface area contributed by atoms with Gasteiger partial charge in [0.25, 0.3) is 0 Å². The van der Waals surface area contributed by atoms with Gasteiger partial charge < -0.3 is 3.94 Å². The van der Waals surface area contributed by atoms with Gasteiger partial charge in [0, 0.05) is 0 Å². The average molecular weight is 230 g/mol. The molecule has 0 spiro atoms. The van der Waals surface area contributed by atoms with Crippen LogP contribution in [0.15, 0.2) is 0 Å². The molecule has 2 nitrogen and oxygen atoms in total. The highest BCUT2D eigenvalue weighted by Crippen LogP contribution is 2.42. The van der Waals surface area contributed by atoms with E-state index in [1.165, 1.54) is 0 Å². The Morgan fingerprint density at radius 1 is 0.667 bits per heavy atom. The van der Waals surface area contributed by atoms with E-state index in [0.29, 0.717) is 0 Å². The van der Waals surface area contributed by atoms with E-state index in [1.54, 1.807) is 0 Å². The van der Waals surface area contributed by atoms with Crippen molar-refractivity contribution < 1.29 is 8.83 Å². The summed E-state index contributed by atoms with van der Waals surface area (Å²) in [5.74, 6) is 0. The molecule has 0 aromatic rings. The van der Waals surface area contributed by atoms with Gasteiger partial charge in [-0.15, -0.1) is 0 Å². The largest absolute Gasteiger partial charge is 0.521 e. The Labute approximate surface area is 100.0 Å². The summed E-state index contributed by atoms with van der Waals surface area (Å²) in [7, 11) is 0. The minimum atomic E-state index is -1.43. The monoisotopic (exact) mass is 230 g/mol. The molecule has 0 atom stereocenters. The van der Waals surface area contributed by atoms with Gasteiger partial charge in [-0.25, -0.2) is 0 Å². The van der Waals surface area contributed by atoms with Gasteiger partial charge in [0.15, 0.2) is 0 Å². The smallest absolute Gasteiger partial charge is 0.370 e. The Hall–Kier alpha value is 0.452. The fourth-order valence-electron chi connectivity index (χ4n) is 1.78. The zero-order valence-electron chi connectivity index (χ0n) is 11.9. The standard InChI is InChI=1S/C4H10O2.2C4H9.Al/c1-4(2,3)6-5;2*1-4(2)3;/h5H,1-3H3;2*1-3H3;/q;;;+1/p-1. The van der Waals surface area contributed by atoms with Crippen LogP contribution in [-0.4, -0.2) is 20.1 Å². The van der Waals surface area contributed by atoms with Gasteiger partial charge in [-0.05, 0) is 20.8 Å². The summed E-state index contributed by atoms with van der Waals surface area (Å²) in [6, 6.07) is 0. The highest BCUT2D eigenvalue weighted by molar-refractivity contribution is 6.58. The van der Waals surface area contributed by atoms with E-state index in [-0.39, 0.29) is 14.2 Å². The van der Waals surface area contributed by atoms with Crippen molar-refractivity contribution in [2.75, 3.05) is 0 Å². The third-order valence-corrected chi connectivity index (χ3v) is 5.40. The number of rotatable bonds is 2. The molecule has 0 amide bonds. The van der Waals surface area contributed by atoms with Crippen molar-refractivity contribution in [3.8, 4) is 0 Å². The van der Waals surface area contributed by atoms with Gasteiger partial charge in [-0.1, -0.05) is 50.1 Å². The lowest BCUT2D eigenvalue weighted by atomic mass is 10.2. The van der Waals surface area contributed by atoms with Crippen LogP contribution >= 0.6 is 0 Å². The molecule has 0 unspecified atom stereocenters. The third kappa shape index (κ3) is 6.58. The van der Waals surface area contributed by atoms with E-state index in [9.17, 15) is 0 Å². The number of hydrogen-bond acceptors (Lipinski definition) is 2. The zero-order chi connectivity index (χ0) is 12.5. The van der Waals surface area contributed by atoms with Crippen molar-refractivity contribution in [2.24, 2.45) is 0 Å². The average Bonchev–Trinajstić information content (AvgIpc) is 1.75. The van der Waals surface area contributed by atoms with E-state index >= 15 is 0 Å². The van der Waals surface area contributed by atoms with Crippen molar-refractivity contribution in [1.82, 2.24) is 0 Å². The van der Waals surface area contributed by atoms with E-state index in [0.717, 1.165) is 0 Å². The summed E-state index contributed by atoms with van der Waals surface area (Å²) in [4.78, 5) is 5.51. The highest BCUT2D eigenvalue weighted by atomic mass is 27.2. The third-order valence-electron chi connectivity index (χ3n) is 1.97. The van der Waals surface area contributed by atoms with Crippen molar-refractivity contribution in [2.45, 2.75) is 76.5 Å². The fourth-order valence-corrected chi connectivity index (χ4v) is 5.34. The Morgan fingerprint density at radius 3 is 1.20 bits per heavy atom. The maximum absolute atomic E-state index is 5.77. The van der Waals surface area contributed by atoms with E-state index in [4.69, 9.17) is 8.83 Å². The second kappa shape index (κ2) is 4.76. The maximum atomic E-state index is 5.77. The highest BCUT2D eigenvalue weighted by Gasteiger charge is 2.47. The van der Waals surface area contributed by atoms with Crippen LogP contribution < -0.4 is 0 Å². The lowest BCUT2D eigenvalue weighted by Gasteiger charge is -2.35. The van der Waals surface area contributed by atoms with Crippen molar-refractivity contribution in [3.63, 3.8) is 0 Å². The summed E-state index contributed by atoms with van der Waals surface area (Å²) in [6.45, 7) is 19.5. The summed E-state index contributed by atoms with van der Waals surface area (Å²) in [6.07, 6.45) is 0. The molecule has 0 saturated heterocycles. The summed E-state index contributed by atoms with van der Waals surface area (Å²) in [5, 5.41) is 0. The molecule has 0 bridgehead atoms. The zero-order valence-corrected chi connectivity index (χ0v) is 13.0. The van der Waals surface area contributed by atoms with Gasteiger partial charge in [-0.2, -0.15) is 0 Å². The molecule has 0 radical (unpaired) electrons. The lowest BCUT2D eigenvalue weighted by molar-refractivity contribution is -0.284. The Kier molecular flexibility index (Phi) is 4.90. The molecule has 0 fully saturated rings. The van der Waals surface area contributed by atoms with Crippen molar-refractivity contribution in [1.29, 1.82) is 0 Å². The van der Waals surface area contributed by atoms with Crippen LogP contribution in [0, 0.1) is 0 Å². The van der Waals surface area contributed by atoms with Crippen LogP contribution in [0.4, 0.5) is 0 Å². The predicted molar refractivity (Wildman–Crippen MR) is 67.1 cm³/mol.